The first-order valence-electron chi connectivity index (χ1n) is 8.86. The smallest absolute Gasteiger partial charge is 0.411 e. The van der Waals surface area contributed by atoms with Crippen molar-refractivity contribution >= 4 is 29.5 Å². The molecule has 0 fully saturated rings. The SMILES string of the molecule is CCOc1ccccc1/C=C/C(=O)Nc1cccc(NC(=O)OCCOC)c1. The van der Waals surface area contributed by atoms with Gasteiger partial charge in [0, 0.05) is 30.1 Å². The lowest BCUT2D eigenvalue weighted by Gasteiger charge is -2.09. The largest absolute Gasteiger partial charge is 0.493 e. The highest BCUT2D eigenvalue weighted by Gasteiger charge is 2.05. The number of methoxy groups -OCH3 is 1. The molecule has 0 aromatic heterocycles. The molecule has 2 rings (SSSR count). The Kier molecular flexibility index (Phi) is 8.55. The predicted molar refractivity (Wildman–Crippen MR) is 109 cm³/mol. The molecule has 0 bridgehead atoms. The van der Waals surface area contributed by atoms with Crippen LogP contribution in [0, 0.1) is 0 Å². The maximum absolute atomic E-state index is 12.2. The van der Waals surface area contributed by atoms with Gasteiger partial charge in [0.2, 0.25) is 5.91 Å². The van der Waals surface area contributed by atoms with Crippen molar-refractivity contribution in [1.29, 1.82) is 0 Å². The lowest BCUT2D eigenvalue weighted by molar-refractivity contribution is -0.111. The highest BCUT2D eigenvalue weighted by molar-refractivity contribution is 6.02. The second kappa shape index (κ2) is 11.4. The quantitative estimate of drug-likeness (QED) is 0.505. The van der Waals surface area contributed by atoms with Gasteiger partial charge in [0.15, 0.2) is 0 Å². The van der Waals surface area contributed by atoms with Crippen LogP contribution in [0.4, 0.5) is 16.2 Å². The minimum Gasteiger partial charge on any atom is -0.493 e. The Morgan fingerprint density at radius 2 is 1.75 bits per heavy atom. The summed E-state index contributed by atoms with van der Waals surface area (Å²) < 4.78 is 15.3. The van der Waals surface area contributed by atoms with Crippen molar-refractivity contribution < 1.29 is 23.8 Å². The molecule has 0 saturated carbocycles. The average Bonchev–Trinajstić information content (AvgIpc) is 2.68. The number of hydrogen-bond donors (Lipinski definition) is 2. The molecule has 2 amide bonds. The molecule has 0 aliphatic rings. The summed E-state index contributed by atoms with van der Waals surface area (Å²) >= 11 is 0. The molecule has 2 N–H and O–H groups in total. The Labute approximate surface area is 164 Å². The molecule has 0 aliphatic heterocycles. The van der Waals surface area contributed by atoms with Gasteiger partial charge in [-0.25, -0.2) is 4.79 Å². The van der Waals surface area contributed by atoms with E-state index in [9.17, 15) is 9.59 Å². The fourth-order valence-corrected chi connectivity index (χ4v) is 2.30. The zero-order chi connectivity index (χ0) is 20.2. The van der Waals surface area contributed by atoms with Gasteiger partial charge in [-0.1, -0.05) is 24.3 Å². The van der Waals surface area contributed by atoms with Crippen molar-refractivity contribution in [3.63, 3.8) is 0 Å². The van der Waals surface area contributed by atoms with Gasteiger partial charge in [-0.15, -0.1) is 0 Å². The molecule has 7 nitrogen and oxygen atoms in total. The van der Waals surface area contributed by atoms with E-state index in [1.54, 1.807) is 30.3 Å². The van der Waals surface area contributed by atoms with Crippen LogP contribution in [0.5, 0.6) is 5.75 Å². The maximum Gasteiger partial charge on any atom is 0.411 e. The van der Waals surface area contributed by atoms with E-state index in [4.69, 9.17) is 14.2 Å². The third-order valence-electron chi connectivity index (χ3n) is 3.53. The summed E-state index contributed by atoms with van der Waals surface area (Å²) in [7, 11) is 1.53. The first-order chi connectivity index (χ1) is 13.6. The number of carbonyl (C=O) groups is 2. The fraction of sp³-hybridized carbons (Fsp3) is 0.238. The summed E-state index contributed by atoms with van der Waals surface area (Å²) in [5.41, 5.74) is 1.86. The summed E-state index contributed by atoms with van der Waals surface area (Å²) in [6, 6.07) is 14.2. The lowest BCUT2D eigenvalue weighted by atomic mass is 10.2. The Morgan fingerprint density at radius 1 is 1.00 bits per heavy atom. The lowest BCUT2D eigenvalue weighted by Crippen LogP contribution is -2.16. The van der Waals surface area contributed by atoms with Crippen LogP contribution in [0.15, 0.2) is 54.6 Å². The number of benzene rings is 2. The number of ether oxygens (including phenoxy) is 3. The van der Waals surface area contributed by atoms with Crippen LogP contribution in [-0.4, -0.2) is 38.9 Å². The van der Waals surface area contributed by atoms with Crippen molar-refractivity contribution in [3.8, 4) is 5.75 Å². The standard InChI is InChI=1S/C21H24N2O5/c1-3-27-19-10-5-4-7-16(19)11-12-20(24)22-17-8-6-9-18(15-17)23-21(25)28-14-13-26-2/h4-12,15H,3,13-14H2,1-2H3,(H,22,24)(H,23,25)/b12-11+. The van der Waals surface area contributed by atoms with Crippen molar-refractivity contribution in [2.75, 3.05) is 37.6 Å². The molecule has 0 atom stereocenters. The summed E-state index contributed by atoms with van der Waals surface area (Å²) in [4.78, 5) is 23.9. The number of anilines is 2. The van der Waals surface area contributed by atoms with E-state index in [1.165, 1.54) is 13.2 Å². The molecule has 0 heterocycles. The monoisotopic (exact) mass is 384 g/mol. The molecule has 2 aromatic carbocycles. The number of rotatable bonds is 9. The predicted octanol–water partition coefficient (Wildman–Crippen LogP) is 3.93. The van der Waals surface area contributed by atoms with Crippen molar-refractivity contribution in [2.24, 2.45) is 0 Å². The van der Waals surface area contributed by atoms with E-state index in [0.29, 0.717) is 30.3 Å². The van der Waals surface area contributed by atoms with Crippen LogP contribution < -0.4 is 15.4 Å². The van der Waals surface area contributed by atoms with Gasteiger partial charge in [0.05, 0.1) is 13.2 Å². The molecular weight excluding hydrogens is 360 g/mol. The summed E-state index contributed by atoms with van der Waals surface area (Å²) in [6.45, 7) is 2.93. The summed E-state index contributed by atoms with van der Waals surface area (Å²) in [5, 5.41) is 5.34. The van der Waals surface area contributed by atoms with Crippen LogP contribution in [0.2, 0.25) is 0 Å². The summed E-state index contributed by atoms with van der Waals surface area (Å²) in [5.74, 6) is 0.415. The van der Waals surface area contributed by atoms with E-state index in [-0.39, 0.29) is 12.5 Å². The summed E-state index contributed by atoms with van der Waals surface area (Å²) in [6.07, 6.45) is 2.53. The van der Waals surface area contributed by atoms with Gasteiger partial charge in [-0.3, -0.25) is 10.1 Å². The van der Waals surface area contributed by atoms with Gasteiger partial charge in [-0.05, 0) is 37.3 Å². The number of carbonyl (C=O) groups excluding carboxylic acids is 2. The van der Waals surface area contributed by atoms with Crippen LogP contribution >= 0.6 is 0 Å². The Balaban J connectivity index is 1.94. The maximum atomic E-state index is 12.2. The van der Waals surface area contributed by atoms with E-state index in [2.05, 4.69) is 10.6 Å². The normalized spacial score (nSPS) is 10.5. The number of amides is 2. The van der Waals surface area contributed by atoms with Crippen molar-refractivity contribution in [2.45, 2.75) is 6.92 Å². The Bertz CT molecular complexity index is 820. The second-order valence-electron chi connectivity index (χ2n) is 5.63. The third kappa shape index (κ3) is 7.13. The molecule has 0 unspecified atom stereocenters. The van der Waals surface area contributed by atoms with Gasteiger partial charge < -0.3 is 19.5 Å². The van der Waals surface area contributed by atoms with Crippen LogP contribution in [0.3, 0.4) is 0 Å². The van der Waals surface area contributed by atoms with Crippen LogP contribution in [0.1, 0.15) is 12.5 Å². The third-order valence-corrected chi connectivity index (χ3v) is 3.53. The molecule has 7 heteroatoms. The van der Waals surface area contributed by atoms with Gasteiger partial charge >= 0.3 is 6.09 Å². The molecule has 0 spiro atoms. The zero-order valence-electron chi connectivity index (χ0n) is 15.9. The molecule has 0 saturated heterocycles. The van der Waals surface area contributed by atoms with Gasteiger partial charge in [-0.2, -0.15) is 0 Å². The number of hydrogen-bond acceptors (Lipinski definition) is 5. The van der Waals surface area contributed by atoms with Crippen LogP contribution in [0.25, 0.3) is 6.08 Å². The molecule has 0 radical (unpaired) electrons. The molecule has 0 aliphatic carbocycles. The van der Waals surface area contributed by atoms with E-state index in [0.717, 1.165) is 5.56 Å². The topological polar surface area (TPSA) is 85.9 Å². The zero-order valence-corrected chi connectivity index (χ0v) is 15.9. The number of para-hydroxylation sites is 1. The first kappa shape index (κ1) is 21.0. The molecule has 148 valence electrons. The Hall–Kier alpha value is -3.32. The molecule has 28 heavy (non-hydrogen) atoms. The van der Waals surface area contributed by atoms with Gasteiger partial charge in [0.1, 0.15) is 12.4 Å². The minimum absolute atomic E-state index is 0.159. The first-order valence-corrected chi connectivity index (χ1v) is 8.86. The fourth-order valence-electron chi connectivity index (χ4n) is 2.30. The number of nitrogens with one attached hydrogen (secondary N) is 2. The molecular formula is C21H24N2O5. The minimum atomic E-state index is -0.590. The molecule has 2 aromatic rings. The van der Waals surface area contributed by atoms with E-state index in [1.807, 2.05) is 31.2 Å². The second-order valence-corrected chi connectivity index (χ2v) is 5.63. The average molecular weight is 384 g/mol. The highest BCUT2D eigenvalue weighted by atomic mass is 16.6. The highest BCUT2D eigenvalue weighted by Crippen LogP contribution is 2.20. The van der Waals surface area contributed by atoms with Crippen LogP contribution in [-0.2, 0) is 14.3 Å². The van der Waals surface area contributed by atoms with E-state index < -0.39 is 6.09 Å². The van der Waals surface area contributed by atoms with Gasteiger partial charge in [0.25, 0.3) is 0 Å². The van der Waals surface area contributed by atoms with E-state index >= 15 is 0 Å². The Morgan fingerprint density at radius 3 is 2.50 bits per heavy atom. The van der Waals surface area contributed by atoms with Crippen molar-refractivity contribution in [3.05, 3.63) is 60.2 Å². The van der Waals surface area contributed by atoms with Crippen molar-refractivity contribution in [1.82, 2.24) is 0 Å².